The summed E-state index contributed by atoms with van der Waals surface area (Å²) in [6.07, 6.45) is 4.56. The number of carboxylic acid groups (broad SMARTS) is 2. The Labute approximate surface area is 185 Å². The molecule has 0 aromatic heterocycles. The van der Waals surface area contributed by atoms with Crippen LogP contribution in [0.3, 0.4) is 0 Å². The SMILES string of the molecule is O=C([O-])c1c(Cl)c(Cl)c(Cl)c(Cl)c1C(=O)[O-].[CH2]CCC.[CH2]CCC.[Sn+2]. The molecular formula is C16H18Cl4O4Sn. The molecule has 0 amide bonds. The van der Waals surface area contributed by atoms with Crippen molar-refractivity contribution in [2.24, 2.45) is 0 Å². The number of hydrogen-bond donors (Lipinski definition) is 0. The van der Waals surface area contributed by atoms with Crippen molar-refractivity contribution in [1.29, 1.82) is 0 Å². The van der Waals surface area contributed by atoms with Crippen molar-refractivity contribution in [3.05, 3.63) is 45.1 Å². The first-order chi connectivity index (χ1) is 11.1. The molecule has 0 fully saturated rings. The number of carbonyl (C=O) groups excluding carboxylic acids is 2. The number of carbonyl (C=O) groups is 2. The smallest absolute Gasteiger partial charge is 0.545 e. The molecule has 0 spiro atoms. The second kappa shape index (κ2) is 16.3. The third-order valence-corrected chi connectivity index (χ3v) is 4.18. The molecule has 1 aromatic rings. The summed E-state index contributed by atoms with van der Waals surface area (Å²) in [5, 5.41) is 19.6. The molecule has 9 heteroatoms. The quantitative estimate of drug-likeness (QED) is 0.334. The van der Waals surface area contributed by atoms with Crippen molar-refractivity contribution in [2.45, 2.75) is 39.5 Å². The Morgan fingerprint density at radius 3 is 1.08 bits per heavy atom. The third kappa shape index (κ3) is 10.1. The van der Waals surface area contributed by atoms with Gasteiger partial charge in [0.2, 0.25) is 0 Å². The monoisotopic (exact) mass is 534 g/mol. The summed E-state index contributed by atoms with van der Waals surface area (Å²) < 4.78 is 0. The van der Waals surface area contributed by atoms with E-state index >= 15 is 0 Å². The molecule has 4 radical (unpaired) electrons. The van der Waals surface area contributed by atoms with Crippen molar-refractivity contribution < 1.29 is 19.8 Å². The van der Waals surface area contributed by atoms with E-state index in [-0.39, 0.29) is 34.0 Å². The van der Waals surface area contributed by atoms with E-state index in [1.165, 1.54) is 12.8 Å². The van der Waals surface area contributed by atoms with Crippen LogP contribution in [-0.4, -0.2) is 35.8 Å². The first-order valence-electron chi connectivity index (χ1n) is 6.99. The Morgan fingerprint density at radius 1 is 0.760 bits per heavy atom. The minimum absolute atomic E-state index is 0. The van der Waals surface area contributed by atoms with Gasteiger partial charge in [0.25, 0.3) is 0 Å². The summed E-state index contributed by atoms with van der Waals surface area (Å²) in [4.78, 5) is 21.4. The molecule has 0 saturated carbocycles. The van der Waals surface area contributed by atoms with Crippen LogP contribution in [0.2, 0.25) is 20.1 Å². The average Bonchev–Trinajstić information content (AvgIpc) is 2.55. The van der Waals surface area contributed by atoms with E-state index in [0.29, 0.717) is 0 Å². The summed E-state index contributed by atoms with van der Waals surface area (Å²) in [6, 6.07) is 0. The molecule has 1 rings (SSSR count). The van der Waals surface area contributed by atoms with E-state index < -0.39 is 33.1 Å². The minimum atomic E-state index is -1.84. The van der Waals surface area contributed by atoms with Crippen molar-refractivity contribution >= 4 is 82.2 Å². The second-order valence-electron chi connectivity index (χ2n) is 4.29. The number of rotatable bonds is 4. The Bertz CT molecular complexity index is 513. The molecule has 25 heavy (non-hydrogen) atoms. The van der Waals surface area contributed by atoms with Crippen LogP contribution in [0, 0.1) is 13.8 Å². The Hall–Kier alpha value is 0.119. The standard InChI is InChI=1S/C8H2Cl4O4.2C4H9.Sn/c9-3-1(7(13)14)2(8(15)16)4(10)6(12)5(3)11;2*1-3-4-2;/h(H,13,14)(H,15,16);2*1,3-4H2,2H3;/q;;;+2/p-2. The van der Waals surface area contributed by atoms with Gasteiger partial charge in [0.1, 0.15) is 0 Å². The number of carboxylic acids is 2. The van der Waals surface area contributed by atoms with Crippen LogP contribution in [0.15, 0.2) is 0 Å². The van der Waals surface area contributed by atoms with E-state index in [9.17, 15) is 19.8 Å². The van der Waals surface area contributed by atoms with E-state index in [1.54, 1.807) is 0 Å². The van der Waals surface area contributed by atoms with Crippen LogP contribution in [0.4, 0.5) is 0 Å². The van der Waals surface area contributed by atoms with E-state index in [0.717, 1.165) is 12.8 Å². The van der Waals surface area contributed by atoms with Crippen LogP contribution in [0.5, 0.6) is 0 Å². The largest absolute Gasteiger partial charge is 2.00 e. The third-order valence-electron chi connectivity index (χ3n) is 2.38. The molecule has 0 heterocycles. The summed E-state index contributed by atoms with van der Waals surface area (Å²) >= 11 is 22.2. The molecule has 0 bridgehead atoms. The number of unbranched alkanes of at least 4 members (excludes halogenated alkanes) is 2. The predicted octanol–water partition coefficient (Wildman–Crippen LogP) is 3.89. The molecular weight excluding hydrogens is 517 g/mol. The van der Waals surface area contributed by atoms with Crippen LogP contribution >= 0.6 is 46.4 Å². The van der Waals surface area contributed by atoms with E-state index in [4.69, 9.17) is 46.4 Å². The van der Waals surface area contributed by atoms with Gasteiger partial charge in [-0.2, -0.15) is 0 Å². The van der Waals surface area contributed by atoms with E-state index in [2.05, 4.69) is 27.7 Å². The predicted molar refractivity (Wildman–Crippen MR) is 101 cm³/mol. The zero-order valence-corrected chi connectivity index (χ0v) is 19.8. The van der Waals surface area contributed by atoms with Gasteiger partial charge in [0.05, 0.1) is 32.0 Å². The summed E-state index contributed by atoms with van der Waals surface area (Å²) in [5.41, 5.74) is -1.72. The molecule has 138 valence electrons. The fourth-order valence-corrected chi connectivity index (χ4v) is 2.02. The number of aromatic carboxylic acids is 2. The molecule has 0 aliphatic heterocycles. The molecule has 4 nitrogen and oxygen atoms in total. The van der Waals surface area contributed by atoms with Gasteiger partial charge in [-0.05, 0) is 0 Å². The molecule has 0 aliphatic rings. The maximum atomic E-state index is 10.7. The summed E-state index contributed by atoms with van der Waals surface area (Å²) in [5.74, 6) is -3.69. The molecule has 0 saturated heterocycles. The molecule has 0 atom stereocenters. The van der Waals surface area contributed by atoms with Crippen LogP contribution < -0.4 is 10.2 Å². The molecule has 1 aromatic carbocycles. The van der Waals surface area contributed by atoms with Crippen LogP contribution in [0.1, 0.15) is 60.2 Å². The number of halogens is 4. The minimum Gasteiger partial charge on any atom is -0.545 e. The van der Waals surface area contributed by atoms with Gasteiger partial charge in [-0.3, -0.25) is 0 Å². The van der Waals surface area contributed by atoms with Crippen molar-refractivity contribution in [3.63, 3.8) is 0 Å². The Morgan fingerprint density at radius 2 is 0.960 bits per heavy atom. The number of benzene rings is 1. The zero-order chi connectivity index (χ0) is 19.4. The van der Waals surface area contributed by atoms with Gasteiger partial charge in [-0.25, -0.2) is 0 Å². The zero-order valence-electron chi connectivity index (χ0n) is 13.9. The first-order valence-corrected chi connectivity index (χ1v) is 8.50. The van der Waals surface area contributed by atoms with Gasteiger partial charge in [-0.15, -0.1) is 0 Å². The number of hydrogen-bond acceptors (Lipinski definition) is 4. The maximum absolute atomic E-state index is 10.7. The fourth-order valence-electron chi connectivity index (χ4n) is 1.02. The first kappa shape index (κ1) is 29.9. The van der Waals surface area contributed by atoms with Gasteiger partial charge in [0, 0.05) is 11.1 Å². The summed E-state index contributed by atoms with van der Waals surface area (Å²) in [7, 11) is 0. The topological polar surface area (TPSA) is 80.3 Å². The van der Waals surface area contributed by atoms with Crippen LogP contribution in [0.25, 0.3) is 0 Å². The fraction of sp³-hybridized carbons (Fsp3) is 0.375. The van der Waals surface area contributed by atoms with E-state index in [1.807, 2.05) is 0 Å². The van der Waals surface area contributed by atoms with Crippen LogP contribution in [-0.2, 0) is 0 Å². The molecule has 0 N–H and O–H groups in total. The van der Waals surface area contributed by atoms with Crippen molar-refractivity contribution in [2.75, 3.05) is 0 Å². The average molecular weight is 535 g/mol. The maximum Gasteiger partial charge on any atom is 2.00 e. The van der Waals surface area contributed by atoms with Crippen molar-refractivity contribution in [3.8, 4) is 0 Å². The normalized spacial score (nSPS) is 8.96. The van der Waals surface area contributed by atoms with Gasteiger partial charge in [0.15, 0.2) is 0 Å². The molecule has 0 aliphatic carbocycles. The summed E-state index contributed by atoms with van der Waals surface area (Å²) in [6.45, 7) is 11.4. The second-order valence-corrected chi connectivity index (χ2v) is 5.80. The van der Waals surface area contributed by atoms with Gasteiger partial charge < -0.3 is 19.8 Å². The Kier molecular flexibility index (Phi) is 19.5. The van der Waals surface area contributed by atoms with Crippen molar-refractivity contribution in [1.82, 2.24) is 0 Å². The molecule has 0 unspecified atom stereocenters. The van der Waals surface area contributed by atoms with Gasteiger partial charge >= 0.3 is 23.9 Å². The van der Waals surface area contributed by atoms with Gasteiger partial charge in [-0.1, -0.05) is 99.8 Å². The Balaban J connectivity index is -0.000000454.